The Hall–Kier alpha value is -0.0800. The summed E-state index contributed by atoms with van der Waals surface area (Å²) in [4.78, 5) is 0. The lowest BCUT2D eigenvalue weighted by atomic mass is 9.70. The minimum Gasteiger partial charge on any atom is -0.350 e. The summed E-state index contributed by atoms with van der Waals surface area (Å²) in [5.74, 6) is 0.793. The summed E-state index contributed by atoms with van der Waals surface area (Å²) in [7, 11) is 0. The van der Waals surface area contributed by atoms with Crippen LogP contribution in [-0.2, 0) is 9.47 Å². The molecule has 0 spiro atoms. The van der Waals surface area contributed by atoms with Crippen molar-refractivity contribution in [2.75, 3.05) is 6.61 Å². The quantitative estimate of drug-likeness (QED) is 0.293. The van der Waals surface area contributed by atoms with E-state index in [-0.39, 0.29) is 0 Å². The predicted molar refractivity (Wildman–Crippen MR) is 141 cm³/mol. The Morgan fingerprint density at radius 3 is 1.97 bits per heavy atom. The molecule has 2 heteroatoms. The molecule has 0 aromatic rings. The predicted octanol–water partition coefficient (Wildman–Crippen LogP) is 9.66. The third-order valence-electron chi connectivity index (χ3n) is 7.57. The normalized spacial score (nSPS) is 23.9. The molecule has 1 aliphatic heterocycles. The molecule has 1 aliphatic rings. The summed E-state index contributed by atoms with van der Waals surface area (Å²) in [6, 6.07) is 0. The van der Waals surface area contributed by atoms with E-state index in [4.69, 9.17) is 9.47 Å². The van der Waals surface area contributed by atoms with Gasteiger partial charge in [0.15, 0.2) is 5.79 Å². The van der Waals surface area contributed by atoms with Crippen LogP contribution in [0.15, 0.2) is 0 Å². The lowest BCUT2D eigenvalue weighted by Crippen LogP contribution is -2.46. The summed E-state index contributed by atoms with van der Waals surface area (Å²) < 4.78 is 12.6. The van der Waals surface area contributed by atoms with Gasteiger partial charge < -0.3 is 9.47 Å². The van der Waals surface area contributed by atoms with E-state index in [1.54, 1.807) is 0 Å². The molecule has 0 bridgehead atoms. The van der Waals surface area contributed by atoms with Crippen LogP contribution in [0.1, 0.15) is 141 Å². The second-order valence-electron chi connectivity index (χ2n) is 15.3. The molecule has 0 aliphatic carbocycles. The first-order valence-corrected chi connectivity index (χ1v) is 13.6. The Balaban J connectivity index is 2.69. The molecule has 0 aromatic heterocycles. The number of hydrogen-bond donors (Lipinski definition) is 0. The number of rotatable bonds is 12. The Kier molecular flexibility index (Phi) is 10.4. The van der Waals surface area contributed by atoms with Gasteiger partial charge in [-0.15, -0.1) is 0 Å². The van der Waals surface area contributed by atoms with Crippen molar-refractivity contribution in [3.63, 3.8) is 0 Å². The highest BCUT2D eigenvalue weighted by atomic mass is 16.7. The van der Waals surface area contributed by atoms with E-state index in [0.717, 1.165) is 18.9 Å². The van der Waals surface area contributed by atoms with Crippen LogP contribution < -0.4 is 0 Å². The Morgan fingerprint density at radius 2 is 1.44 bits per heavy atom. The molecule has 0 amide bonds. The van der Waals surface area contributed by atoms with Gasteiger partial charge in [-0.25, -0.2) is 0 Å². The summed E-state index contributed by atoms with van der Waals surface area (Å²) in [5, 5.41) is 0. The van der Waals surface area contributed by atoms with Crippen molar-refractivity contribution in [3.8, 4) is 0 Å². The molecule has 0 saturated carbocycles. The van der Waals surface area contributed by atoms with Gasteiger partial charge in [-0.1, -0.05) is 82.6 Å². The minimum absolute atomic E-state index is 0.321. The molecule has 0 N–H and O–H groups in total. The standard InChI is InChI=1S/C30H60O2/c1-14-27(6,7)22-28(8,9)18-17-24-20-31-30(12,13)32-25(24)16-15-23(2)19-29(10,11)21-26(3,4)5/h23-25H,14-22H2,1-13H3. The van der Waals surface area contributed by atoms with Gasteiger partial charge in [-0.2, -0.15) is 0 Å². The Labute approximate surface area is 203 Å². The van der Waals surface area contributed by atoms with Crippen molar-refractivity contribution in [2.24, 2.45) is 33.5 Å². The largest absolute Gasteiger partial charge is 0.350 e. The highest BCUT2D eigenvalue weighted by Crippen LogP contribution is 2.42. The van der Waals surface area contributed by atoms with Crippen molar-refractivity contribution < 1.29 is 9.47 Å². The number of hydrogen-bond acceptors (Lipinski definition) is 2. The van der Waals surface area contributed by atoms with Gasteiger partial charge in [0.25, 0.3) is 0 Å². The van der Waals surface area contributed by atoms with Crippen LogP contribution in [0, 0.1) is 33.5 Å². The second-order valence-corrected chi connectivity index (χ2v) is 15.3. The van der Waals surface area contributed by atoms with Crippen LogP contribution >= 0.6 is 0 Å². The van der Waals surface area contributed by atoms with Gasteiger partial charge >= 0.3 is 0 Å². The third kappa shape index (κ3) is 11.9. The molecule has 1 rings (SSSR count). The molecule has 1 fully saturated rings. The molecular weight excluding hydrogens is 392 g/mol. The summed E-state index contributed by atoms with van der Waals surface area (Å²) in [6.07, 6.45) is 10.3. The van der Waals surface area contributed by atoms with Crippen LogP contribution in [0.3, 0.4) is 0 Å². The van der Waals surface area contributed by atoms with E-state index in [0.29, 0.717) is 33.7 Å². The lowest BCUT2D eigenvalue weighted by molar-refractivity contribution is -0.295. The fourth-order valence-electron chi connectivity index (χ4n) is 6.56. The molecule has 1 heterocycles. The first-order chi connectivity index (χ1) is 14.2. The zero-order valence-electron chi connectivity index (χ0n) is 24.4. The molecular formula is C30H60O2. The average molecular weight is 453 g/mol. The average Bonchev–Trinajstić information content (AvgIpc) is 2.55. The first-order valence-electron chi connectivity index (χ1n) is 13.6. The molecule has 192 valence electrons. The van der Waals surface area contributed by atoms with E-state index >= 15 is 0 Å². The van der Waals surface area contributed by atoms with Crippen molar-refractivity contribution in [1.82, 2.24) is 0 Å². The van der Waals surface area contributed by atoms with Crippen LogP contribution in [-0.4, -0.2) is 18.5 Å². The SMILES string of the molecule is CCC(C)(C)CC(C)(C)CCC1COC(C)(C)OC1CCC(C)CC(C)(C)CC(C)(C)C. The van der Waals surface area contributed by atoms with Gasteiger partial charge in [0.1, 0.15) is 0 Å². The monoisotopic (exact) mass is 452 g/mol. The second kappa shape index (κ2) is 11.1. The maximum absolute atomic E-state index is 6.51. The zero-order chi connectivity index (χ0) is 25.0. The molecule has 2 nitrogen and oxygen atoms in total. The number of ether oxygens (including phenoxy) is 2. The van der Waals surface area contributed by atoms with E-state index < -0.39 is 5.79 Å². The van der Waals surface area contributed by atoms with Gasteiger partial charge in [0.2, 0.25) is 0 Å². The van der Waals surface area contributed by atoms with Gasteiger partial charge in [0, 0.05) is 5.92 Å². The van der Waals surface area contributed by atoms with Crippen molar-refractivity contribution in [1.29, 1.82) is 0 Å². The van der Waals surface area contributed by atoms with Crippen molar-refractivity contribution in [2.45, 2.75) is 153 Å². The minimum atomic E-state index is -0.449. The van der Waals surface area contributed by atoms with Gasteiger partial charge in [-0.05, 0) is 86.4 Å². The van der Waals surface area contributed by atoms with E-state index in [2.05, 4.69) is 90.0 Å². The molecule has 0 aromatic carbocycles. The van der Waals surface area contributed by atoms with E-state index in [9.17, 15) is 0 Å². The molecule has 32 heavy (non-hydrogen) atoms. The fraction of sp³-hybridized carbons (Fsp3) is 1.00. The van der Waals surface area contributed by atoms with Crippen LogP contribution in [0.5, 0.6) is 0 Å². The summed E-state index contributed by atoms with van der Waals surface area (Å²) in [5.41, 5.74) is 1.56. The van der Waals surface area contributed by atoms with Gasteiger partial charge in [-0.3, -0.25) is 0 Å². The zero-order valence-corrected chi connectivity index (χ0v) is 24.4. The highest BCUT2D eigenvalue weighted by Gasteiger charge is 2.38. The fourth-order valence-corrected chi connectivity index (χ4v) is 6.56. The topological polar surface area (TPSA) is 18.5 Å². The lowest BCUT2D eigenvalue weighted by Gasteiger charge is -2.43. The highest BCUT2D eigenvalue weighted by molar-refractivity contribution is 4.84. The maximum Gasteiger partial charge on any atom is 0.163 e. The first kappa shape index (κ1) is 30.0. The summed E-state index contributed by atoms with van der Waals surface area (Å²) in [6.45, 7) is 31.5. The molecule has 1 saturated heterocycles. The maximum atomic E-state index is 6.51. The van der Waals surface area contributed by atoms with Gasteiger partial charge in [0.05, 0.1) is 12.7 Å². The van der Waals surface area contributed by atoms with Crippen molar-refractivity contribution >= 4 is 0 Å². The van der Waals surface area contributed by atoms with Crippen molar-refractivity contribution in [3.05, 3.63) is 0 Å². The smallest absolute Gasteiger partial charge is 0.163 e. The van der Waals surface area contributed by atoms with Crippen LogP contribution in [0.2, 0.25) is 0 Å². The van der Waals surface area contributed by atoms with Crippen LogP contribution in [0.25, 0.3) is 0 Å². The molecule has 0 radical (unpaired) electrons. The molecule has 3 unspecified atom stereocenters. The van der Waals surface area contributed by atoms with E-state index in [1.807, 2.05) is 0 Å². The summed E-state index contributed by atoms with van der Waals surface area (Å²) >= 11 is 0. The Bertz CT molecular complexity index is 550. The molecule has 3 atom stereocenters. The third-order valence-corrected chi connectivity index (χ3v) is 7.57. The van der Waals surface area contributed by atoms with Crippen LogP contribution in [0.4, 0.5) is 0 Å². The van der Waals surface area contributed by atoms with E-state index in [1.165, 1.54) is 44.9 Å². The Morgan fingerprint density at radius 1 is 0.844 bits per heavy atom.